The lowest BCUT2D eigenvalue weighted by Crippen LogP contribution is -2.23. The number of nitrogens with zero attached hydrogens (tertiary/aromatic N) is 1. The fourth-order valence-electron chi connectivity index (χ4n) is 1.08. The van der Waals surface area contributed by atoms with E-state index in [1.807, 2.05) is 19.1 Å². The third-order valence-corrected chi connectivity index (χ3v) is 1.96. The molecule has 14 heavy (non-hydrogen) atoms. The number of anilines is 2. The van der Waals surface area contributed by atoms with Crippen molar-refractivity contribution in [2.45, 2.75) is 19.4 Å². The first kappa shape index (κ1) is 10.7. The van der Waals surface area contributed by atoms with Crippen LogP contribution in [-0.2, 0) is 0 Å². The Balaban J connectivity index is 2.65. The number of aromatic nitrogens is 1. The standard InChI is InChI=1S/C9H16N4O/c1-2-7(6-14)11-8-4-3-5-9(12-8)13-10/h3-5,7,14H,2,6,10H2,1H3,(H2,11,12,13). The van der Waals surface area contributed by atoms with Gasteiger partial charge in [-0.05, 0) is 18.6 Å². The Labute approximate surface area is 83.3 Å². The van der Waals surface area contributed by atoms with E-state index in [2.05, 4.69) is 15.7 Å². The molecule has 5 heteroatoms. The molecule has 0 saturated carbocycles. The van der Waals surface area contributed by atoms with Crippen molar-refractivity contribution in [3.63, 3.8) is 0 Å². The SMILES string of the molecule is CCC(CO)Nc1cccc(NN)n1. The van der Waals surface area contributed by atoms with Crippen LogP contribution in [0, 0.1) is 0 Å². The number of pyridine rings is 1. The molecule has 0 fully saturated rings. The molecule has 0 saturated heterocycles. The number of hydrogen-bond acceptors (Lipinski definition) is 5. The van der Waals surface area contributed by atoms with E-state index < -0.39 is 0 Å². The first-order chi connectivity index (χ1) is 6.80. The van der Waals surface area contributed by atoms with Gasteiger partial charge in [0.2, 0.25) is 0 Å². The average Bonchev–Trinajstić information content (AvgIpc) is 2.26. The zero-order valence-corrected chi connectivity index (χ0v) is 8.20. The molecule has 0 spiro atoms. The summed E-state index contributed by atoms with van der Waals surface area (Å²) in [5.41, 5.74) is 2.46. The predicted octanol–water partition coefficient (Wildman–Crippen LogP) is 0.550. The molecule has 5 N–H and O–H groups in total. The maximum absolute atomic E-state index is 8.98. The van der Waals surface area contributed by atoms with Crippen LogP contribution in [0.25, 0.3) is 0 Å². The molecular formula is C9H16N4O. The lowest BCUT2D eigenvalue weighted by molar-refractivity contribution is 0.271. The smallest absolute Gasteiger partial charge is 0.142 e. The predicted molar refractivity (Wildman–Crippen MR) is 56.8 cm³/mol. The minimum Gasteiger partial charge on any atom is -0.394 e. The van der Waals surface area contributed by atoms with Crippen molar-refractivity contribution in [3.05, 3.63) is 18.2 Å². The van der Waals surface area contributed by atoms with Gasteiger partial charge in [-0.15, -0.1) is 0 Å². The lowest BCUT2D eigenvalue weighted by Gasteiger charge is -2.14. The zero-order valence-electron chi connectivity index (χ0n) is 8.20. The van der Waals surface area contributed by atoms with Gasteiger partial charge in [-0.3, -0.25) is 0 Å². The number of aliphatic hydroxyl groups is 1. The van der Waals surface area contributed by atoms with Crippen LogP contribution in [0.15, 0.2) is 18.2 Å². The minimum atomic E-state index is 0.0375. The van der Waals surface area contributed by atoms with E-state index in [0.717, 1.165) is 6.42 Å². The molecule has 0 radical (unpaired) electrons. The second kappa shape index (κ2) is 5.41. The summed E-state index contributed by atoms with van der Waals surface area (Å²) in [6.07, 6.45) is 0.846. The van der Waals surface area contributed by atoms with Gasteiger partial charge in [-0.2, -0.15) is 0 Å². The number of hydrogen-bond donors (Lipinski definition) is 4. The van der Waals surface area contributed by atoms with Crippen LogP contribution in [-0.4, -0.2) is 22.7 Å². The van der Waals surface area contributed by atoms with Crippen molar-refractivity contribution in [3.8, 4) is 0 Å². The van der Waals surface area contributed by atoms with Gasteiger partial charge in [0.1, 0.15) is 11.6 Å². The Kier molecular flexibility index (Phi) is 4.15. The number of rotatable bonds is 5. The molecule has 1 heterocycles. The second-order valence-electron chi connectivity index (χ2n) is 2.98. The van der Waals surface area contributed by atoms with Crippen LogP contribution in [0.4, 0.5) is 11.6 Å². The summed E-state index contributed by atoms with van der Waals surface area (Å²) in [6.45, 7) is 2.09. The zero-order chi connectivity index (χ0) is 10.4. The normalized spacial score (nSPS) is 12.2. The summed E-state index contributed by atoms with van der Waals surface area (Å²) in [4.78, 5) is 4.17. The topological polar surface area (TPSA) is 83.2 Å². The minimum absolute atomic E-state index is 0.0375. The van der Waals surface area contributed by atoms with E-state index in [1.54, 1.807) is 6.07 Å². The van der Waals surface area contributed by atoms with Gasteiger partial charge in [0.15, 0.2) is 0 Å². The number of aliphatic hydroxyl groups excluding tert-OH is 1. The van der Waals surface area contributed by atoms with Gasteiger partial charge in [-0.1, -0.05) is 13.0 Å². The molecule has 1 aromatic rings. The van der Waals surface area contributed by atoms with Crippen molar-refractivity contribution in [1.29, 1.82) is 0 Å². The van der Waals surface area contributed by atoms with Gasteiger partial charge in [0.25, 0.3) is 0 Å². The molecule has 0 aliphatic heterocycles. The Bertz CT molecular complexity index is 275. The maximum Gasteiger partial charge on any atom is 0.142 e. The second-order valence-corrected chi connectivity index (χ2v) is 2.98. The Morgan fingerprint density at radius 2 is 2.21 bits per heavy atom. The molecular weight excluding hydrogens is 180 g/mol. The molecule has 0 aliphatic carbocycles. The van der Waals surface area contributed by atoms with Crippen molar-refractivity contribution >= 4 is 11.6 Å². The van der Waals surface area contributed by atoms with Gasteiger partial charge < -0.3 is 15.8 Å². The largest absolute Gasteiger partial charge is 0.394 e. The summed E-state index contributed by atoms with van der Waals surface area (Å²) in [7, 11) is 0. The Hall–Kier alpha value is -1.33. The number of nitrogens with one attached hydrogen (secondary N) is 2. The van der Waals surface area contributed by atoms with Crippen molar-refractivity contribution in [1.82, 2.24) is 4.98 Å². The molecule has 1 rings (SSSR count). The molecule has 0 amide bonds. The quantitative estimate of drug-likeness (QED) is 0.408. The maximum atomic E-state index is 8.98. The van der Waals surface area contributed by atoms with Crippen molar-refractivity contribution in [2.75, 3.05) is 17.3 Å². The Morgan fingerprint density at radius 3 is 2.79 bits per heavy atom. The first-order valence-electron chi connectivity index (χ1n) is 4.61. The molecule has 0 aromatic carbocycles. The summed E-state index contributed by atoms with van der Waals surface area (Å²) >= 11 is 0. The highest BCUT2D eigenvalue weighted by Crippen LogP contribution is 2.09. The molecule has 1 atom stereocenters. The van der Waals surface area contributed by atoms with E-state index in [4.69, 9.17) is 10.9 Å². The van der Waals surface area contributed by atoms with E-state index >= 15 is 0 Å². The van der Waals surface area contributed by atoms with E-state index in [-0.39, 0.29) is 12.6 Å². The van der Waals surface area contributed by atoms with E-state index in [0.29, 0.717) is 11.6 Å². The fraction of sp³-hybridized carbons (Fsp3) is 0.444. The highest BCUT2D eigenvalue weighted by molar-refractivity contribution is 5.44. The summed E-state index contributed by atoms with van der Waals surface area (Å²) in [5.74, 6) is 6.53. The lowest BCUT2D eigenvalue weighted by atomic mass is 10.2. The first-order valence-corrected chi connectivity index (χ1v) is 4.61. The summed E-state index contributed by atoms with van der Waals surface area (Å²) in [6, 6.07) is 5.48. The number of nitrogen functional groups attached to an aromatic ring is 1. The van der Waals surface area contributed by atoms with Crippen LogP contribution < -0.4 is 16.6 Å². The van der Waals surface area contributed by atoms with Crippen molar-refractivity contribution < 1.29 is 5.11 Å². The van der Waals surface area contributed by atoms with E-state index in [1.165, 1.54) is 0 Å². The van der Waals surface area contributed by atoms with E-state index in [9.17, 15) is 0 Å². The molecule has 1 unspecified atom stereocenters. The summed E-state index contributed by atoms with van der Waals surface area (Å²) < 4.78 is 0. The number of nitrogens with two attached hydrogens (primary N) is 1. The monoisotopic (exact) mass is 196 g/mol. The molecule has 5 nitrogen and oxygen atoms in total. The number of hydrazine groups is 1. The highest BCUT2D eigenvalue weighted by Gasteiger charge is 2.04. The summed E-state index contributed by atoms with van der Waals surface area (Å²) in [5, 5.41) is 12.1. The van der Waals surface area contributed by atoms with Crippen LogP contribution in [0.2, 0.25) is 0 Å². The third-order valence-electron chi connectivity index (χ3n) is 1.96. The molecule has 0 bridgehead atoms. The molecule has 0 aliphatic rings. The highest BCUT2D eigenvalue weighted by atomic mass is 16.3. The van der Waals surface area contributed by atoms with Gasteiger partial charge in [0, 0.05) is 0 Å². The van der Waals surface area contributed by atoms with Crippen LogP contribution in [0.5, 0.6) is 0 Å². The third kappa shape index (κ3) is 2.86. The average molecular weight is 196 g/mol. The van der Waals surface area contributed by atoms with Gasteiger partial charge in [-0.25, -0.2) is 10.8 Å². The van der Waals surface area contributed by atoms with Gasteiger partial charge in [0.05, 0.1) is 12.6 Å². The van der Waals surface area contributed by atoms with Crippen LogP contribution in [0.3, 0.4) is 0 Å². The van der Waals surface area contributed by atoms with Gasteiger partial charge >= 0.3 is 0 Å². The Morgan fingerprint density at radius 1 is 1.50 bits per heavy atom. The van der Waals surface area contributed by atoms with Crippen LogP contribution in [0.1, 0.15) is 13.3 Å². The van der Waals surface area contributed by atoms with Crippen LogP contribution >= 0.6 is 0 Å². The molecule has 78 valence electrons. The fourth-order valence-corrected chi connectivity index (χ4v) is 1.08. The van der Waals surface area contributed by atoms with Crippen molar-refractivity contribution in [2.24, 2.45) is 5.84 Å². The molecule has 1 aromatic heterocycles.